The summed E-state index contributed by atoms with van der Waals surface area (Å²) in [4.78, 5) is 16.8. The fourth-order valence-electron chi connectivity index (χ4n) is 2.23. The first kappa shape index (κ1) is 19.2. The van der Waals surface area contributed by atoms with Crippen LogP contribution in [-0.2, 0) is 0 Å². The summed E-state index contributed by atoms with van der Waals surface area (Å²) in [5.74, 6) is -0.0595. The van der Waals surface area contributed by atoms with E-state index in [9.17, 15) is 4.79 Å². The SMILES string of the molecule is Cc1ccc2sc(NCC(=O)c3ccc(Cl)c(Cl)c3)nc2c1C.[Br-]. The van der Waals surface area contributed by atoms with Crippen LogP contribution < -0.4 is 22.3 Å². The summed E-state index contributed by atoms with van der Waals surface area (Å²) in [6, 6.07) is 9.02. The van der Waals surface area contributed by atoms with Crippen molar-refractivity contribution in [2.75, 3.05) is 11.9 Å². The van der Waals surface area contributed by atoms with Crippen LogP contribution in [0.4, 0.5) is 5.13 Å². The lowest BCUT2D eigenvalue weighted by atomic mass is 10.1. The largest absolute Gasteiger partial charge is 1.00 e. The van der Waals surface area contributed by atoms with Crippen molar-refractivity contribution in [2.24, 2.45) is 0 Å². The van der Waals surface area contributed by atoms with Gasteiger partial charge in [0, 0.05) is 5.56 Å². The minimum atomic E-state index is -0.0595. The molecule has 126 valence electrons. The zero-order valence-electron chi connectivity index (χ0n) is 13.0. The average molecular weight is 445 g/mol. The topological polar surface area (TPSA) is 42.0 Å². The number of halogens is 3. The quantitative estimate of drug-likeness (QED) is 0.628. The number of nitrogens with one attached hydrogen (secondary N) is 1. The lowest BCUT2D eigenvalue weighted by Gasteiger charge is -2.03. The third-order valence-electron chi connectivity index (χ3n) is 3.73. The van der Waals surface area contributed by atoms with Gasteiger partial charge in [-0.15, -0.1) is 0 Å². The number of rotatable bonds is 4. The van der Waals surface area contributed by atoms with E-state index in [4.69, 9.17) is 23.2 Å². The van der Waals surface area contributed by atoms with E-state index in [1.807, 2.05) is 0 Å². The summed E-state index contributed by atoms with van der Waals surface area (Å²) in [7, 11) is 0. The first-order valence-corrected chi connectivity index (χ1v) is 8.62. The molecule has 0 atom stereocenters. The number of aryl methyl sites for hydroxylation is 2. The number of aromatic nitrogens is 1. The molecule has 2 aromatic carbocycles. The number of nitrogens with zero attached hydrogens (tertiary/aromatic N) is 1. The Bertz CT molecular complexity index is 911. The number of hydrogen-bond donors (Lipinski definition) is 1. The highest BCUT2D eigenvalue weighted by molar-refractivity contribution is 7.22. The molecule has 0 saturated heterocycles. The minimum absolute atomic E-state index is 0. The number of carbonyl (C=O) groups excluding carboxylic acids is 1. The van der Waals surface area contributed by atoms with Gasteiger partial charge in [-0.3, -0.25) is 4.79 Å². The van der Waals surface area contributed by atoms with Crippen molar-refractivity contribution in [3.63, 3.8) is 0 Å². The summed E-state index contributed by atoms with van der Waals surface area (Å²) < 4.78 is 1.11. The second-order valence-electron chi connectivity index (χ2n) is 5.28. The molecule has 0 aliphatic heterocycles. The van der Waals surface area contributed by atoms with Gasteiger partial charge < -0.3 is 22.3 Å². The van der Waals surface area contributed by atoms with E-state index in [-0.39, 0.29) is 29.3 Å². The molecule has 1 N–H and O–H groups in total. The van der Waals surface area contributed by atoms with Gasteiger partial charge >= 0.3 is 0 Å². The molecule has 1 heterocycles. The van der Waals surface area contributed by atoms with E-state index in [0.717, 1.165) is 15.3 Å². The molecule has 0 unspecified atom stereocenters. The Kier molecular flexibility index (Phi) is 6.26. The number of anilines is 1. The Balaban J connectivity index is 0.00000208. The van der Waals surface area contributed by atoms with Crippen LogP contribution in [0, 0.1) is 13.8 Å². The van der Waals surface area contributed by atoms with Crippen LogP contribution in [0.25, 0.3) is 10.2 Å². The van der Waals surface area contributed by atoms with Crippen molar-refractivity contribution in [2.45, 2.75) is 13.8 Å². The number of Topliss-reactive ketones (excluding diaryl/α,β-unsaturated/α-hetero) is 1. The lowest BCUT2D eigenvalue weighted by Crippen LogP contribution is -3.00. The minimum Gasteiger partial charge on any atom is -1.00 e. The van der Waals surface area contributed by atoms with Gasteiger partial charge in [0.25, 0.3) is 0 Å². The summed E-state index contributed by atoms with van der Waals surface area (Å²) in [6.45, 7) is 4.28. The van der Waals surface area contributed by atoms with Crippen LogP contribution in [0.15, 0.2) is 30.3 Å². The van der Waals surface area contributed by atoms with E-state index in [1.165, 1.54) is 11.1 Å². The molecule has 0 radical (unpaired) electrons. The molecule has 0 aliphatic rings. The van der Waals surface area contributed by atoms with Gasteiger partial charge in [-0.2, -0.15) is 0 Å². The lowest BCUT2D eigenvalue weighted by molar-refractivity contribution is -0.0000121. The smallest absolute Gasteiger partial charge is 0.184 e. The third-order valence-corrected chi connectivity index (χ3v) is 5.44. The number of benzene rings is 2. The molecule has 7 heteroatoms. The second-order valence-corrected chi connectivity index (χ2v) is 7.12. The van der Waals surface area contributed by atoms with Gasteiger partial charge in [0.05, 0.1) is 26.8 Å². The number of fused-ring (bicyclic) bond motifs is 1. The molecule has 0 spiro atoms. The van der Waals surface area contributed by atoms with Crippen LogP contribution in [-0.4, -0.2) is 17.3 Å². The molecular weight excluding hydrogens is 431 g/mol. The number of thiazole rings is 1. The summed E-state index contributed by atoms with van der Waals surface area (Å²) >= 11 is 13.4. The summed E-state index contributed by atoms with van der Waals surface area (Å²) in [6.07, 6.45) is 0. The Morgan fingerprint density at radius 3 is 2.62 bits per heavy atom. The molecule has 0 fully saturated rings. The molecule has 0 saturated carbocycles. The predicted molar refractivity (Wildman–Crippen MR) is 98.4 cm³/mol. The summed E-state index contributed by atoms with van der Waals surface area (Å²) in [5.41, 5.74) is 3.89. The summed E-state index contributed by atoms with van der Waals surface area (Å²) in [5, 5.41) is 4.65. The van der Waals surface area contributed by atoms with E-state index >= 15 is 0 Å². The van der Waals surface area contributed by atoms with Crippen LogP contribution in [0.5, 0.6) is 0 Å². The van der Waals surface area contributed by atoms with Crippen LogP contribution in [0.2, 0.25) is 10.0 Å². The zero-order chi connectivity index (χ0) is 16.6. The monoisotopic (exact) mass is 443 g/mol. The molecule has 3 rings (SSSR count). The Morgan fingerprint density at radius 2 is 1.92 bits per heavy atom. The normalized spacial score (nSPS) is 10.5. The van der Waals surface area contributed by atoms with Gasteiger partial charge in [0.2, 0.25) is 0 Å². The molecule has 24 heavy (non-hydrogen) atoms. The second kappa shape index (κ2) is 7.83. The first-order chi connectivity index (χ1) is 11.0. The Labute approximate surface area is 164 Å². The highest BCUT2D eigenvalue weighted by Crippen LogP contribution is 2.29. The van der Waals surface area contributed by atoms with Gasteiger partial charge in [-0.1, -0.05) is 40.6 Å². The van der Waals surface area contributed by atoms with E-state index in [0.29, 0.717) is 15.6 Å². The van der Waals surface area contributed by atoms with Crippen LogP contribution in [0.3, 0.4) is 0 Å². The van der Waals surface area contributed by atoms with Gasteiger partial charge in [-0.25, -0.2) is 4.98 Å². The van der Waals surface area contributed by atoms with Gasteiger partial charge in [0.1, 0.15) is 0 Å². The number of ketones is 1. The molecule has 1 aromatic heterocycles. The number of carbonyl (C=O) groups is 1. The van der Waals surface area contributed by atoms with Crippen molar-refractivity contribution >= 4 is 55.7 Å². The Hall–Kier alpha value is -1.14. The molecular formula is C17H14BrCl2N2OS-. The highest BCUT2D eigenvalue weighted by atomic mass is 79.9. The van der Waals surface area contributed by atoms with Crippen molar-refractivity contribution in [3.05, 3.63) is 57.1 Å². The van der Waals surface area contributed by atoms with Gasteiger partial charge in [0.15, 0.2) is 10.9 Å². The Morgan fingerprint density at radius 1 is 1.17 bits per heavy atom. The fraction of sp³-hybridized carbons (Fsp3) is 0.176. The number of hydrogen-bond acceptors (Lipinski definition) is 4. The van der Waals surface area contributed by atoms with E-state index < -0.39 is 0 Å². The van der Waals surface area contributed by atoms with E-state index in [2.05, 4.69) is 36.3 Å². The molecule has 3 aromatic rings. The van der Waals surface area contributed by atoms with Crippen molar-refractivity contribution in [3.8, 4) is 0 Å². The van der Waals surface area contributed by atoms with Gasteiger partial charge in [-0.05, 0) is 49.2 Å². The van der Waals surface area contributed by atoms with Crippen molar-refractivity contribution in [1.29, 1.82) is 0 Å². The maximum atomic E-state index is 12.2. The molecule has 0 amide bonds. The molecule has 3 nitrogen and oxygen atoms in total. The fourth-order valence-corrected chi connectivity index (χ4v) is 3.45. The van der Waals surface area contributed by atoms with Crippen molar-refractivity contribution < 1.29 is 21.8 Å². The standard InChI is InChI=1S/C17H14Cl2N2OS.BrH/c1-9-3-6-15-16(10(9)2)21-17(23-15)20-8-14(22)11-4-5-12(18)13(19)7-11;/h3-7H,8H2,1-2H3,(H,20,21);1H/p-1. The first-order valence-electron chi connectivity index (χ1n) is 7.04. The predicted octanol–water partition coefficient (Wildman–Crippen LogP) is 2.52. The van der Waals surface area contributed by atoms with Crippen molar-refractivity contribution in [1.82, 2.24) is 4.98 Å². The maximum Gasteiger partial charge on any atom is 0.184 e. The van der Waals surface area contributed by atoms with E-state index in [1.54, 1.807) is 29.5 Å². The average Bonchev–Trinajstić information content (AvgIpc) is 2.95. The molecule has 0 bridgehead atoms. The van der Waals surface area contributed by atoms with Crippen LogP contribution >= 0.6 is 34.5 Å². The molecule has 0 aliphatic carbocycles. The highest BCUT2D eigenvalue weighted by Gasteiger charge is 2.11. The van der Waals surface area contributed by atoms with Crippen LogP contribution in [0.1, 0.15) is 21.5 Å². The third kappa shape index (κ3) is 3.91. The zero-order valence-corrected chi connectivity index (χ0v) is 16.9. The maximum absolute atomic E-state index is 12.2.